The molecule has 1 saturated heterocycles. The van der Waals surface area contributed by atoms with E-state index in [9.17, 15) is 9.59 Å². The molecular formula is C25H29N3O4S. The summed E-state index contributed by atoms with van der Waals surface area (Å²) in [5, 5.41) is 0.744. The number of hydrogen-bond acceptors (Lipinski definition) is 6. The first-order valence-electron chi connectivity index (χ1n) is 11.7. The number of nitrogens with zero attached hydrogens (tertiary/aromatic N) is 2. The third-order valence-corrected chi connectivity index (χ3v) is 7.81. The number of benzene rings is 1. The summed E-state index contributed by atoms with van der Waals surface area (Å²) in [5.41, 5.74) is 1.82. The second-order valence-corrected chi connectivity index (χ2v) is 10.1. The van der Waals surface area contributed by atoms with Crippen LogP contribution in [0.1, 0.15) is 43.0 Å². The van der Waals surface area contributed by atoms with Gasteiger partial charge in [0.1, 0.15) is 10.7 Å². The van der Waals surface area contributed by atoms with Crippen molar-refractivity contribution in [2.24, 2.45) is 5.92 Å². The van der Waals surface area contributed by atoms with Gasteiger partial charge in [0.2, 0.25) is 0 Å². The minimum Gasteiger partial charge on any atom is -0.493 e. The molecule has 0 bridgehead atoms. The minimum absolute atomic E-state index is 0.00624. The molecule has 7 nitrogen and oxygen atoms in total. The van der Waals surface area contributed by atoms with Crippen LogP contribution in [0, 0.1) is 5.92 Å². The molecule has 1 amide bonds. The van der Waals surface area contributed by atoms with Crippen molar-refractivity contribution in [3.8, 4) is 22.9 Å². The second kappa shape index (κ2) is 9.17. The summed E-state index contributed by atoms with van der Waals surface area (Å²) in [4.78, 5) is 37.1. The summed E-state index contributed by atoms with van der Waals surface area (Å²) in [6.07, 6.45) is 6.34. The number of carbonyl (C=O) groups excluding carboxylic acids is 1. The number of H-pyrrole nitrogens is 1. The van der Waals surface area contributed by atoms with E-state index in [-0.39, 0.29) is 18.1 Å². The van der Waals surface area contributed by atoms with E-state index in [4.69, 9.17) is 14.5 Å². The van der Waals surface area contributed by atoms with E-state index in [0.717, 1.165) is 61.0 Å². The van der Waals surface area contributed by atoms with E-state index in [0.29, 0.717) is 23.2 Å². The summed E-state index contributed by atoms with van der Waals surface area (Å²) in [5.74, 6) is 2.14. The van der Waals surface area contributed by atoms with Crippen LogP contribution >= 0.6 is 11.3 Å². The highest BCUT2D eigenvalue weighted by atomic mass is 32.1. The minimum atomic E-state index is -0.0894. The van der Waals surface area contributed by atoms with Crippen LogP contribution in [0.5, 0.6) is 11.5 Å². The fourth-order valence-electron chi connectivity index (χ4n) is 4.79. The fourth-order valence-corrected chi connectivity index (χ4v) is 6.18. The monoisotopic (exact) mass is 467 g/mol. The fraction of sp³-hybridized carbons (Fsp3) is 0.480. The zero-order valence-corrected chi connectivity index (χ0v) is 19.9. The molecule has 1 aromatic carbocycles. The van der Waals surface area contributed by atoms with Gasteiger partial charge in [-0.05, 0) is 68.2 Å². The average Bonchev–Trinajstić information content (AvgIpc) is 3.20. The number of amides is 1. The zero-order valence-electron chi connectivity index (χ0n) is 19.1. The van der Waals surface area contributed by atoms with E-state index < -0.39 is 0 Å². The third-order valence-electron chi connectivity index (χ3n) is 6.66. The van der Waals surface area contributed by atoms with Gasteiger partial charge in [-0.3, -0.25) is 9.59 Å². The van der Waals surface area contributed by atoms with Crippen LogP contribution < -0.4 is 15.0 Å². The Kier molecular flexibility index (Phi) is 6.10. The number of aromatic amines is 1. The molecule has 8 heteroatoms. The Morgan fingerprint density at radius 2 is 2.06 bits per heavy atom. The van der Waals surface area contributed by atoms with Gasteiger partial charge in [-0.1, -0.05) is 6.92 Å². The lowest BCUT2D eigenvalue weighted by Crippen LogP contribution is -2.38. The highest BCUT2D eigenvalue weighted by molar-refractivity contribution is 7.18. The molecule has 3 aromatic rings. The Balaban J connectivity index is 1.39. The lowest BCUT2D eigenvalue weighted by atomic mass is 9.89. The third kappa shape index (κ3) is 4.36. The van der Waals surface area contributed by atoms with Gasteiger partial charge in [-0.15, -0.1) is 11.3 Å². The van der Waals surface area contributed by atoms with Crippen molar-refractivity contribution < 1.29 is 14.3 Å². The standard InChI is InChI=1S/C25H29N3O4S/c1-15-6-8-17-20(12-15)33-25-22(17)24(30)26-23(27-25)16-7-9-18(19(13-16)31-2)32-14-21(29)28-10-4-3-5-11-28/h7,9,13,15H,3-6,8,10-12,14H2,1-2H3,(H,26,27,30). The number of fused-ring (bicyclic) bond motifs is 3. The average molecular weight is 468 g/mol. The molecule has 3 heterocycles. The van der Waals surface area contributed by atoms with Crippen molar-refractivity contribution in [2.45, 2.75) is 45.4 Å². The number of aromatic nitrogens is 2. The molecule has 1 atom stereocenters. The van der Waals surface area contributed by atoms with Crippen LogP contribution in [0.15, 0.2) is 23.0 Å². The van der Waals surface area contributed by atoms with Crippen LogP contribution in [0.3, 0.4) is 0 Å². The van der Waals surface area contributed by atoms with E-state index in [1.54, 1.807) is 30.6 Å². The van der Waals surface area contributed by atoms with Crippen LogP contribution in [0.4, 0.5) is 0 Å². The number of hydrogen-bond donors (Lipinski definition) is 1. The molecule has 1 fully saturated rings. The van der Waals surface area contributed by atoms with Gasteiger partial charge in [0.25, 0.3) is 11.5 Å². The molecule has 0 saturated carbocycles. The number of ether oxygens (including phenoxy) is 2. The molecule has 2 aromatic heterocycles. The number of nitrogens with one attached hydrogen (secondary N) is 1. The Labute approximate surface area is 196 Å². The molecule has 0 spiro atoms. The highest BCUT2D eigenvalue weighted by Crippen LogP contribution is 2.37. The molecule has 1 unspecified atom stereocenters. The maximum absolute atomic E-state index is 12.9. The van der Waals surface area contributed by atoms with Crippen LogP contribution in [0.25, 0.3) is 21.6 Å². The Morgan fingerprint density at radius 3 is 2.85 bits per heavy atom. The van der Waals surface area contributed by atoms with Gasteiger partial charge in [-0.25, -0.2) is 4.98 Å². The molecule has 174 valence electrons. The predicted molar refractivity (Wildman–Crippen MR) is 129 cm³/mol. The van der Waals surface area contributed by atoms with Gasteiger partial charge in [0, 0.05) is 23.5 Å². The Morgan fingerprint density at radius 1 is 1.24 bits per heavy atom. The van der Waals surface area contributed by atoms with Crippen molar-refractivity contribution in [3.63, 3.8) is 0 Å². The normalized spacial score (nSPS) is 18.2. The Bertz CT molecular complexity index is 1240. The summed E-state index contributed by atoms with van der Waals surface area (Å²) in [7, 11) is 1.56. The van der Waals surface area contributed by atoms with E-state index in [1.165, 1.54) is 16.9 Å². The first-order chi connectivity index (χ1) is 16.0. The van der Waals surface area contributed by atoms with Crippen LogP contribution in [-0.4, -0.2) is 47.6 Å². The molecule has 1 aliphatic heterocycles. The molecule has 1 N–H and O–H groups in total. The maximum atomic E-state index is 12.9. The first kappa shape index (κ1) is 21.9. The van der Waals surface area contributed by atoms with E-state index in [1.807, 2.05) is 11.0 Å². The number of rotatable bonds is 5. The number of thiophene rings is 1. The van der Waals surface area contributed by atoms with Gasteiger partial charge >= 0.3 is 0 Å². The van der Waals surface area contributed by atoms with Gasteiger partial charge in [0.15, 0.2) is 18.1 Å². The number of methoxy groups -OCH3 is 1. The second-order valence-electron chi connectivity index (χ2n) is 9.04. The number of likely N-dealkylation sites (tertiary alicyclic amines) is 1. The maximum Gasteiger partial charge on any atom is 0.260 e. The molecule has 2 aliphatic rings. The lowest BCUT2D eigenvalue weighted by Gasteiger charge is -2.26. The summed E-state index contributed by atoms with van der Waals surface area (Å²) in [6.45, 7) is 3.83. The van der Waals surface area contributed by atoms with Crippen molar-refractivity contribution in [1.29, 1.82) is 0 Å². The lowest BCUT2D eigenvalue weighted by molar-refractivity contribution is -0.134. The zero-order chi connectivity index (χ0) is 22.9. The van der Waals surface area contributed by atoms with Crippen molar-refractivity contribution in [3.05, 3.63) is 39.0 Å². The summed E-state index contributed by atoms with van der Waals surface area (Å²) in [6, 6.07) is 5.40. The first-order valence-corrected chi connectivity index (χ1v) is 12.5. The van der Waals surface area contributed by atoms with Crippen molar-refractivity contribution in [1.82, 2.24) is 14.9 Å². The number of aryl methyl sites for hydroxylation is 1. The Hall–Kier alpha value is -2.87. The molecule has 33 heavy (non-hydrogen) atoms. The quantitative estimate of drug-likeness (QED) is 0.609. The molecule has 0 radical (unpaired) electrons. The van der Waals surface area contributed by atoms with Gasteiger partial charge < -0.3 is 19.4 Å². The van der Waals surface area contributed by atoms with Crippen molar-refractivity contribution >= 4 is 27.5 Å². The smallest absolute Gasteiger partial charge is 0.260 e. The van der Waals surface area contributed by atoms with Gasteiger partial charge in [0.05, 0.1) is 12.5 Å². The van der Waals surface area contributed by atoms with E-state index in [2.05, 4.69) is 11.9 Å². The van der Waals surface area contributed by atoms with Crippen molar-refractivity contribution in [2.75, 3.05) is 26.8 Å². The van der Waals surface area contributed by atoms with E-state index >= 15 is 0 Å². The molecule has 5 rings (SSSR count). The number of piperidine rings is 1. The largest absolute Gasteiger partial charge is 0.493 e. The SMILES string of the molecule is COc1cc(-c2nc3sc4c(c3c(=O)[nH]2)CCC(C)C4)ccc1OCC(=O)N1CCCCC1. The highest BCUT2D eigenvalue weighted by Gasteiger charge is 2.23. The summed E-state index contributed by atoms with van der Waals surface area (Å²) < 4.78 is 11.3. The molecular weight excluding hydrogens is 438 g/mol. The topological polar surface area (TPSA) is 84.5 Å². The van der Waals surface area contributed by atoms with Crippen LogP contribution in [-0.2, 0) is 17.6 Å². The predicted octanol–water partition coefficient (Wildman–Crippen LogP) is 4.18. The van der Waals surface area contributed by atoms with Crippen LogP contribution in [0.2, 0.25) is 0 Å². The molecule has 1 aliphatic carbocycles. The summed E-state index contributed by atoms with van der Waals surface area (Å²) >= 11 is 1.64. The van der Waals surface area contributed by atoms with Gasteiger partial charge in [-0.2, -0.15) is 0 Å². The number of carbonyl (C=O) groups is 1.